The number of hydrogen-bond acceptors (Lipinski definition) is 3. The van der Waals surface area contributed by atoms with E-state index in [1.165, 1.54) is 0 Å². The standard InChI is InChI=1S/C11H25NO3S/c1-5-6-7-16(14,15)12-9-10(13)8-11(2,3)4/h10,12-13H,5-9H2,1-4H3/t10-/m1/s1. The molecule has 16 heavy (non-hydrogen) atoms. The number of nitrogens with one attached hydrogen (secondary N) is 1. The predicted molar refractivity (Wildman–Crippen MR) is 66.8 cm³/mol. The van der Waals surface area contributed by atoms with Gasteiger partial charge in [-0.3, -0.25) is 0 Å². The molecular weight excluding hydrogens is 226 g/mol. The molecule has 1 atom stereocenters. The number of rotatable bonds is 7. The summed E-state index contributed by atoms with van der Waals surface area (Å²) in [6.45, 7) is 8.11. The molecule has 0 aliphatic carbocycles. The third kappa shape index (κ3) is 9.12. The Morgan fingerprint density at radius 2 is 1.88 bits per heavy atom. The predicted octanol–water partition coefficient (Wildman–Crippen LogP) is 1.50. The van der Waals surface area contributed by atoms with E-state index < -0.39 is 16.1 Å². The maximum absolute atomic E-state index is 11.4. The Balaban J connectivity index is 3.95. The molecule has 0 aromatic rings. The van der Waals surface area contributed by atoms with Crippen molar-refractivity contribution in [1.29, 1.82) is 0 Å². The van der Waals surface area contributed by atoms with Crippen molar-refractivity contribution in [3.8, 4) is 0 Å². The van der Waals surface area contributed by atoms with Crippen LogP contribution in [0.5, 0.6) is 0 Å². The van der Waals surface area contributed by atoms with E-state index in [1.54, 1.807) is 0 Å². The van der Waals surface area contributed by atoms with Crippen molar-refractivity contribution in [1.82, 2.24) is 4.72 Å². The summed E-state index contributed by atoms with van der Waals surface area (Å²) in [4.78, 5) is 0. The van der Waals surface area contributed by atoms with Gasteiger partial charge in [-0.2, -0.15) is 0 Å². The van der Waals surface area contributed by atoms with Crippen molar-refractivity contribution in [2.45, 2.75) is 53.1 Å². The molecule has 0 aromatic carbocycles. The summed E-state index contributed by atoms with van der Waals surface area (Å²) in [5, 5.41) is 9.65. The molecule has 0 unspecified atom stereocenters. The Morgan fingerprint density at radius 1 is 1.31 bits per heavy atom. The van der Waals surface area contributed by atoms with Crippen LogP contribution in [-0.4, -0.2) is 31.9 Å². The second kappa shape index (κ2) is 6.57. The van der Waals surface area contributed by atoms with Gasteiger partial charge < -0.3 is 5.11 Å². The van der Waals surface area contributed by atoms with Gasteiger partial charge in [0, 0.05) is 6.54 Å². The van der Waals surface area contributed by atoms with Gasteiger partial charge >= 0.3 is 0 Å². The first-order chi connectivity index (χ1) is 7.16. The Bertz CT molecular complexity index is 280. The second-order valence-electron chi connectivity index (χ2n) is 5.44. The van der Waals surface area contributed by atoms with Crippen LogP contribution in [0.3, 0.4) is 0 Å². The second-order valence-corrected chi connectivity index (χ2v) is 7.37. The first-order valence-electron chi connectivity index (χ1n) is 5.82. The van der Waals surface area contributed by atoms with Crippen molar-refractivity contribution >= 4 is 10.0 Å². The number of aliphatic hydroxyl groups excluding tert-OH is 1. The first kappa shape index (κ1) is 15.9. The van der Waals surface area contributed by atoms with Crippen LogP contribution in [0, 0.1) is 5.41 Å². The molecule has 0 saturated heterocycles. The van der Waals surface area contributed by atoms with Gasteiger partial charge in [0.25, 0.3) is 0 Å². The SMILES string of the molecule is CCCCS(=O)(=O)NC[C@H](O)CC(C)(C)C. The minimum atomic E-state index is -3.20. The Morgan fingerprint density at radius 3 is 2.31 bits per heavy atom. The number of unbranched alkanes of at least 4 members (excludes halogenated alkanes) is 1. The highest BCUT2D eigenvalue weighted by atomic mass is 32.2. The van der Waals surface area contributed by atoms with Crippen molar-refractivity contribution in [2.75, 3.05) is 12.3 Å². The normalized spacial score (nSPS) is 15.1. The lowest BCUT2D eigenvalue weighted by atomic mass is 9.89. The molecule has 0 aliphatic heterocycles. The van der Waals surface area contributed by atoms with Gasteiger partial charge in [-0.05, 0) is 18.3 Å². The highest BCUT2D eigenvalue weighted by Gasteiger charge is 2.18. The van der Waals surface area contributed by atoms with Crippen LogP contribution in [-0.2, 0) is 10.0 Å². The molecule has 0 rings (SSSR count). The average molecular weight is 251 g/mol. The first-order valence-corrected chi connectivity index (χ1v) is 7.47. The summed E-state index contributed by atoms with van der Waals surface area (Å²) >= 11 is 0. The van der Waals surface area contributed by atoms with Crippen molar-refractivity contribution in [2.24, 2.45) is 5.41 Å². The van der Waals surface area contributed by atoms with Crippen LogP contribution in [0.2, 0.25) is 0 Å². The highest BCUT2D eigenvalue weighted by molar-refractivity contribution is 7.89. The largest absolute Gasteiger partial charge is 0.392 e. The quantitative estimate of drug-likeness (QED) is 0.720. The molecule has 5 heteroatoms. The zero-order chi connectivity index (χ0) is 12.8. The Hall–Kier alpha value is -0.130. The average Bonchev–Trinajstić information content (AvgIpc) is 2.09. The van der Waals surface area contributed by atoms with Crippen LogP contribution in [0.4, 0.5) is 0 Å². The molecule has 0 aromatic heterocycles. The van der Waals surface area contributed by atoms with Gasteiger partial charge in [0.05, 0.1) is 11.9 Å². The fraction of sp³-hybridized carbons (Fsp3) is 1.00. The number of sulfonamides is 1. The van der Waals surface area contributed by atoms with Crippen molar-refractivity contribution in [3.05, 3.63) is 0 Å². The fourth-order valence-electron chi connectivity index (χ4n) is 1.41. The third-order valence-electron chi connectivity index (χ3n) is 2.15. The molecule has 0 heterocycles. The summed E-state index contributed by atoms with van der Waals surface area (Å²) in [7, 11) is -3.20. The fourth-order valence-corrected chi connectivity index (χ4v) is 2.67. The lowest BCUT2D eigenvalue weighted by Crippen LogP contribution is -2.35. The molecule has 0 amide bonds. The monoisotopic (exact) mass is 251 g/mol. The molecule has 0 radical (unpaired) electrons. The van der Waals surface area contributed by atoms with Crippen LogP contribution < -0.4 is 4.72 Å². The summed E-state index contributed by atoms with van der Waals surface area (Å²) in [6, 6.07) is 0. The number of hydrogen-bond donors (Lipinski definition) is 2. The smallest absolute Gasteiger partial charge is 0.211 e. The van der Waals surface area contributed by atoms with Crippen LogP contribution in [0.25, 0.3) is 0 Å². The van der Waals surface area contributed by atoms with Crippen molar-refractivity contribution < 1.29 is 13.5 Å². The summed E-state index contributed by atoms with van der Waals surface area (Å²) in [5.41, 5.74) is 0.00821. The Labute approximate surface area is 99.5 Å². The van der Waals surface area contributed by atoms with Crippen LogP contribution in [0.15, 0.2) is 0 Å². The molecule has 0 bridgehead atoms. The zero-order valence-corrected chi connectivity index (χ0v) is 11.6. The van der Waals surface area contributed by atoms with E-state index in [4.69, 9.17) is 0 Å². The van der Waals surface area contributed by atoms with Gasteiger partial charge in [0.15, 0.2) is 0 Å². The summed E-state index contributed by atoms with van der Waals surface area (Å²) < 4.78 is 25.3. The topological polar surface area (TPSA) is 66.4 Å². The minimum absolute atomic E-state index is 0.00821. The van der Waals surface area contributed by atoms with E-state index in [0.717, 1.165) is 6.42 Å². The van der Waals surface area contributed by atoms with E-state index in [0.29, 0.717) is 12.8 Å². The van der Waals surface area contributed by atoms with E-state index in [-0.39, 0.29) is 17.7 Å². The molecular formula is C11H25NO3S. The lowest BCUT2D eigenvalue weighted by molar-refractivity contribution is 0.125. The van der Waals surface area contributed by atoms with Gasteiger partial charge in [-0.1, -0.05) is 34.1 Å². The molecule has 0 saturated carbocycles. The van der Waals surface area contributed by atoms with Gasteiger partial charge in [-0.15, -0.1) is 0 Å². The van der Waals surface area contributed by atoms with Gasteiger partial charge in [-0.25, -0.2) is 13.1 Å². The molecule has 4 nitrogen and oxygen atoms in total. The van der Waals surface area contributed by atoms with E-state index in [9.17, 15) is 13.5 Å². The molecule has 98 valence electrons. The van der Waals surface area contributed by atoms with Crippen LogP contribution >= 0.6 is 0 Å². The highest BCUT2D eigenvalue weighted by Crippen LogP contribution is 2.20. The van der Waals surface area contributed by atoms with E-state index in [1.807, 2.05) is 27.7 Å². The Kier molecular flexibility index (Phi) is 6.51. The minimum Gasteiger partial charge on any atom is -0.392 e. The maximum atomic E-state index is 11.4. The van der Waals surface area contributed by atoms with Crippen LogP contribution in [0.1, 0.15) is 47.0 Å². The molecule has 0 fully saturated rings. The van der Waals surface area contributed by atoms with E-state index >= 15 is 0 Å². The van der Waals surface area contributed by atoms with Gasteiger partial charge in [0.2, 0.25) is 10.0 Å². The lowest BCUT2D eigenvalue weighted by Gasteiger charge is -2.22. The van der Waals surface area contributed by atoms with E-state index in [2.05, 4.69) is 4.72 Å². The molecule has 2 N–H and O–H groups in total. The molecule has 0 spiro atoms. The summed E-state index contributed by atoms with van der Waals surface area (Å²) in [5.74, 6) is 0.145. The summed E-state index contributed by atoms with van der Waals surface area (Å²) in [6.07, 6.45) is 1.48. The van der Waals surface area contributed by atoms with Gasteiger partial charge in [0.1, 0.15) is 0 Å². The maximum Gasteiger partial charge on any atom is 0.211 e. The molecule has 0 aliphatic rings. The zero-order valence-electron chi connectivity index (χ0n) is 10.8. The third-order valence-corrected chi connectivity index (χ3v) is 3.59. The number of aliphatic hydroxyl groups is 1. The van der Waals surface area contributed by atoms with Crippen molar-refractivity contribution in [3.63, 3.8) is 0 Å².